The van der Waals surface area contributed by atoms with Crippen LogP contribution in [0.3, 0.4) is 0 Å². The van der Waals surface area contributed by atoms with E-state index in [4.69, 9.17) is 4.55 Å². The van der Waals surface area contributed by atoms with Gasteiger partial charge in [-0.25, -0.2) is 0 Å². The normalized spacial score (nSPS) is 11.7. The zero-order chi connectivity index (χ0) is 5.91. The summed E-state index contributed by atoms with van der Waals surface area (Å²) >= 11 is 0. The molecule has 1 radical (unpaired) electrons. The Morgan fingerprint density at radius 2 is 2.14 bits per heavy atom. The summed E-state index contributed by atoms with van der Waals surface area (Å²) in [5.74, 6) is -0.132. The smallest absolute Gasteiger partial charge is 0.264 e. The minimum atomic E-state index is -3.67. The van der Waals surface area contributed by atoms with Crippen LogP contribution >= 0.6 is 0 Å². The van der Waals surface area contributed by atoms with E-state index in [0.29, 0.717) is 6.42 Å². The summed E-state index contributed by atoms with van der Waals surface area (Å²) in [6.07, 6.45) is 0.471. The van der Waals surface area contributed by atoms with E-state index in [1.807, 2.05) is 0 Å². The maximum Gasteiger partial charge on any atom is 0.264 e. The quantitative estimate of drug-likeness (QED) is 0.545. The van der Waals surface area contributed by atoms with Crippen LogP contribution in [-0.4, -0.2) is 18.7 Å². The van der Waals surface area contributed by atoms with E-state index in [1.165, 1.54) is 0 Å². The van der Waals surface area contributed by atoms with Crippen molar-refractivity contribution in [2.75, 3.05) is 5.75 Å². The third-order valence-corrected chi connectivity index (χ3v) is 1.39. The Bertz CT molecular complexity index is 127. The Hall–Kier alpha value is -0.0900. The minimum absolute atomic E-state index is 0. The van der Waals surface area contributed by atoms with Gasteiger partial charge in [0.25, 0.3) is 10.1 Å². The monoisotopic (exact) mass is 126 g/mol. The molecule has 0 unspecified atom stereocenters. The van der Waals surface area contributed by atoms with Gasteiger partial charge in [0.1, 0.15) is 0 Å². The lowest BCUT2D eigenvalue weighted by Gasteiger charge is -1.85. The molecule has 7 heavy (non-hydrogen) atoms. The predicted molar refractivity (Wildman–Crippen MR) is 27.8 cm³/mol. The lowest BCUT2D eigenvalue weighted by Crippen LogP contribution is -2.01. The molecule has 0 amide bonds. The first-order valence-corrected chi connectivity index (χ1v) is 3.62. The standard InChI is InChI=1S/C3H8O3S.H/c1-2-3-7(4,5)6;/h2-3H2,1H3,(H,4,5,6);/i;1+1. The summed E-state index contributed by atoms with van der Waals surface area (Å²) in [5, 5.41) is 0. The Morgan fingerprint density at radius 3 is 2.14 bits per heavy atom. The van der Waals surface area contributed by atoms with E-state index in [0.717, 1.165) is 0 Å². The van der Waals surface area contributed by atoms with E-state index in [9.17, 15) is 8.42 Å². The molecule has 0 aromatic rings. The molecular formula is C3H9O3S. The summed E-state index contributed by atoms with van der Waals surface area (Å²) in [6.45, 7) is 1.69. The summed E-state index contributed by atoms with van der Waals surface area (Å²) in [4.78, 5) is 0. The Morgan fingerprint density at radius 1 is 1.71 bits per heavy atom. The predicted octanol–water partition coefficient (Wildman–Crippen LogP) is 0.397. The first kappa shape index (κ1) is 6.91. The fraction of sp³-hybridized carbons (Fsp3) is 1.00. The molecule has 0 saturated heterocycles. The minimum Gasteiger partial charge on any atom is -0.286 e. The molecule has 45 valence electrons. The SMILES string of the molecule is CCCS(=O)(=O)O.[2H]. The maximum absolute atomic E-state index is 9.79. The van der Waals surface area contributed by atoms with Crippen molar-refractivity contribution in [3.8, 4) is 0 Å². The molecule has 0 heterocycles. The van der Waals surface area contributed by atoms with Gasteiger partial charge in [0, 0.05) is 1.43 Å². The Balaban J connectivity index is 0. The van der Waals surface area contributed by atoms with Gasteiger partial charge in [-0.3, -0.25) is 4.55 Å². The topological polar surface area (TPSA) is 54.4 Å². The van der Waals surface area contributed by atoms with Crippen LogP contribution < -0.4 is 0 Å². The van der Waals surface area contributed by atoms with Gasteiger partial charge in [-0.05, 0) is 6.42 Å². The summed E-state index contributed by atoms with van der Waals surface area (Å²) in [7, 11) is -3.67. The lowest BCUT2D eigenvalue weighted by atomic mass is 10.6. The van der Waals surface area contributed by atoms with E-state index < -0.39 is 10.1 Å². The van der Waals surface area contributed by atoms with Crippen molar-refractivity contribution in [2.24, 2.45) is 0 Å². The number of hydrogen-bond donors (Lipinski definition) is 1. The average molecular weight is 126 g/mol. The molecule has 3 nitrogen and oxygen atoms in total. The second-order valence-corrected chi connectivity index (χ2v) is 2.86. The van der Waals surface area contributed by atoms with Crippen LogP contribution in [0, 0.1) is 0 Å². The van der Waals surface area contributed by atoms with Gasteiger partial charge in [-0.2, -0.15) is 8.42 Å². The zero-order valence-electron chi connectivity index (χ0n) is 5.09. The third-order valence-electron chi connectivity index (χ3n) is 0.462. The molecule has 0 aliphatic rings. The fourth-order valence-corrected chi connectivity index (χ4v) is 0.774. The van der Waals surface area contributed by atoms with Gasteiger partial charge < -0.3 is 0 Å². The summed E-state index contributed by atoms with van der Waals surface area (Å²) in [6, 6.07) is 0. The largest absolute Gasteiger partial charge is 0.286 e. The van der Waals surface area contributed by atoms with Crippen LogP contribution in [0.2, 0.25) is 0 Å². The molecule has 0 bridgehead atoms. The molecule has 0 atom stereocenters. The molecule has 0 fully saturated rings. The van der Waals surface area contributed by atoms with Gasteiger partial charge in [0.2, 0.25) is 0 Å². The van der Waals surface area contributed by atoms with E-state index in [2.05, 4.69) is 0 Å². The van der Waals surface area contributed by atoms with Crippen LogP contribution in [0.5, 0.6) is 0 Å². The molecule has 4 heteroatoms. The average Bonchev–Trinajstić information content (AvgIpc) is 1.30. The highest BCUT2D eigenvalue weighted by Gasteiger charge is 1.98. The van der Waals surface area contributed by atoms with Gasteiger partial charge in [-0.1, -0.05) is 6.92 Å². The van der Waals surface area contributed by atoms with Gasteiger partial charge >= 0.3 is 0 Å². The van der Waals surface area contributed by atoms with Crippen molar-refractivity contribution in [3.63, 3.8) is 0 Å². The van der Waals surface area contributed by atoms with Crippen molar-refractivity contribution in [1.29, 1.82) is 0 Å². The molecule has 0 aromatic carbocycles. The maximum atomic E-state index is 9.79. The van der Waals surface area contributed by atoms with Crippen molar-refractivity contribution < 1.29 is 14.4 Å². The van der Waals surface area contributed by atoms with E-state index in [-0.39, 0.29) is 7.18 Å². The molecule has 0 spiro atoms. The molecule has 0 aliphatic carbocycles. The lowest BCUT2D eigenvalue weighted by molar-refractivity contribution is 0.482. The van der Waals surface area contributed by atoms with Crippen LogP contribution in [0.15, 0.2) is 0 Å². The zero-order valence-corrected chi connectivity index (χ0v) is 4.90. The third kappa shape index (κ3) is 5.91. The Labute approximate surface area is 44.6 Å². The molecule has 0 rings (SSSR count). The molecule has 0 saturated carbocycles. The van der Waals surface area contributed by atoms with Gasteiger partial charge in [0.15, 0.2) is 0 Å². The molecule has 1 N–H and O–H groups in total. The van der Waals surface area contributed by atoms with Crippen molar-refractivity contribution in [3.05, 3.63) is 0 Å². The highest BCUT2D eigenvalue weighted by Crippen LogP contribution is 1.83. The second kappa shape index (κ2) is 2.28. The highest BCUT2D eigenvalue weighted by molar-refractivity contribution is 7.85. The van der Waals surface area contributed by atoms with Crippen LogP contribution in [0.4, 0.5) is 0 Å². The first-order chi connectivity index (χ1) is 3.06. The van der Waals surface area contributed by atoms with Crippen molar-refractivity contribution in [1.82, 2.24) is 0 Å². The number of hydrogen-bond acceptors (Lipinski definition) is 2. The molecular weight excluding hydrogens is 116 g/mol. The van der Waals surface area contributed by atoms with E-state index >= 15 is 0 Å². The van der Waals surface area contributed by atoms with Gasteiger partial charge in [0.05, 0.1) is 5.75 Å². The summed E-state index contributed by atoms with van der Waals surface area (Å²) in [5.41, 5.74) is 0. The molecule has 0 aromatic heterocycles. The van der Waals surface area contributed by atoms with Crippen molar-refractivity contribution in [2.45, 2.75) is 13.3 Å². The van der Waals surface area contributed by atoms with Crippen LogP contribution in [-0.2, 0) is 10.1 Å². The Kier molecular flexibility index (Phi) is 2.25. The highest BCUT2D eigenvalue weighted by atomic mass is 32.2. The van der Waals surface area contributed by atoms with Crippen LogP contribution in [0.1, 0.15) is 14.8 Å². The van der Waals surface area contributed by atoms with E-state index in [1.54, 1.807) is 6.92 Å². The summed E-state index contributed by atoms with van der Waals surface area (Å²) < 4.78 is 27.6. The molecule has 0 aliphatic heterocycles. The fourth-order valence-electron chi connectivity index (χ4n) is 0.258. The number of rotatable bonds is 2. The first-order valence-electron chi connectivity index (χ1n) is 2.01. The van der Waals surface area contributed by atoms with Gasteiger partial charge in [-0.15, -0.1) is 0 Å². The second-order valence-electron chi connectivity index (χ2n) is 1.29. The van der Waals surface area contributed by atoms with Crippen molar-refractivity contribution >= 4 is 10.1 Å². The van der Waals surface area contributed by atoms with Crippen LogP contribution in [0.25, 0.3) is 0 Å².